The molecule has 4 N–H and O–H groups in total. The van der Waals surface area contributed by atoms with Gasteiger partial charge in [-0.1, -0.05) is 326 Å². The molecule has 0 spiro atoms. The van der Waals surface area contributed by atoms with Crippen LogP contribution >= 0.6 is 15.6 Å². The Kier molecular flexibility index (Phi) is 78.5. The lowest BCUT2D eigenvalue weighted by Gasteiger charge is -2.21. The highest BCUT2D eigenvalue weighted by molar-refractivity contribution is 7.47. The van der Waals surface area contributed by atoms with Crippen LogP contribution in [0, 0.1) is 0 Å². The van der Waals surface area contributed by atoms with Crippen molar-refractivity contribution in [1.82, 2.24) is 0 Å². The van der Waals surface area contributed by atoms with Crippen LogP contribution in [0.25, 0.3) is 0 Å². The third kappa shape index (κ3) is 83.7. The minimum atomic E-state index is -4.95. The van der Waals surface area contributed by atoms with Crippen LogP contribution < -0.4 is 0 Å². The Balaban J connectivity index is 4.54. The van der Waals surface area contributed by atoms with Gasteiger partial charge in [0.15, 0.2) is 6.10 Å². The molecule has 0 fully saturated rings. The van der Waals surface area contributed by atoms with Gasteiger partial charge in [0.05, 0.1) is 26.4 Å². The Morgan fingerprint density at radius 2 is 0.486 bits per heavy atom. The molecule has 5 atom stereocenters. The zero-order valence-electron chi connectivity index (χ0n) is 68.2. The van der Waals surface area contributed by atoms with Crippen LogP contribution in [-0.2, 0) is 55.8 Å². The largest absolute Gasteiger partial charge is 0.472 e. The minimum Gasteiger partial charge on any atom is -0.463 e. The zero-order chi connectivity index (χ0) is 79.4. The van der Waals surface area contributed by atoms with E-state index in [2.05, 4.69) is 191 Å². The van der Waals surface area contributed by atoms with E-state index in [1.807, 2.05) is 0 Å². The van der Waals surface area contributed by atoms with Crippen LogP contribution in [0.1, 0.15) is 329 Å². The number of unbranched alkanes of at least 4 members (excludes halogenated alkanes) is 28. The van der Waals surface area contributed by atoms with E-state index < -0.39 is 91.5 Å². The molecular formula is C91H152O16P2. The molecule has 16 nitrogen and oxygen atoms in total. The smallest absolute Gasteiger partial charge is 0.463 e. The Morgan fingerprint density at radius 3 is 0.771 bits per heavy atom. The van der Waals surface area contributed by atoms with E-state index in [0.717, 1.165) is 180 Å². The maximum Gasteiger partial charge on any atom is 0.472 e. The van der Waals surface area contributed by atoms with Crippen molar-refractivity contribution in [2.24, 2.45) is 0 Å². The van der Waals surface area contributed by atoms with Crippen molar-refractivity contribution in [2.45, 2.75) is 347 Å². The molecule has 0 bridgehead atoms. The fourth-order valence-corrected chi connectivity index (χ4v) is 12.6. The number of hydrogen-bond acceptors (Lipinski definition) is 14. The maximum atomic E-state index is 13.0. The molecule has 0 aromatic heterocycles. The molecule has 0 heterocycles. The molecule has 0 amide bonds. The van der Waals surface area contributed by atoms with Gasteiger partial charge in [0, 0.05) is 19.3 Å². The van der Waals surface area contributed by atoms with Crippen LogP contribution in [0.3, 0.4) is 0 Å². The second-order valence-electron chi connectivity index (χ2n) is 27.9. The highest BCUT2D eigenvalue weighted by atomic mass is 31.2. The first-order chi connectivity index (χ1) is 53.2. The summed E-state index contributed by atoms with van der Waals surface area (Å²) in [6.45, 7) is 2.39. The molecule has 109 heavy (non-hydrogen) atoms. The second kappa shape index (κ2) is 82.4. The average Bonchev–Trinajstić information content (AvgIpc) is 0.901. The Bertz CT molecular complexity index is 2660. The quantitative estimate of drug-likeness (QED) is 0.0146. The third-order valence-corrected chi connectivity index (χ3v) is 19.3. The van der Waals surface area contributed by atoms with Gasteiger partial charge in [0.1, 0.15) is 25.4 Å². The normalized spacial score (nSPS) is 14.7. The molecular weight excluding hydrogens is 1410 g/mol. The summed E-state index contributed by atoms with van der Waals surface area (Å²) in [5, 5.41) is 20.7. The highest BCUT2D eigenvalue weighted by Gasteiger charge is 2.29. The summed E-state index contributed by atoms with van der Waals surface area (Å²) in [7, 11) is -9.82. The summed E-state index contributed by atoms with van der Waals surface area (Å²) in [6.07, 6.45) is 105. The predicted molar refractivity (Wildman–Crippen MR) is 454 cm³/mol. The lowest BCUT2D eigenvalue weighted by atomic mass is 10.0. The number of ether oxygens (including phenoxy) is 3. The van der Waals surface area contributed by atoms with E-state index in [1.165, 1.54) is 89.9 Å². The van der Waals surface area contributed by atoms with Crippen molar-refractivity contribution in [3.8, 4) is 0 Å². The van der Waals surface area contributed by atoms with Crippen molar-refractivity contribution in [3.05, 3.63) is 170 Å². The van der Waals surface area contributed by atoms with Gasteiger partial charge in [0.25, 0.3) is 0 Å². The van der Waals surface area contributed by atoms with Gasteiger partial charge in [-0.2, -0.15) is 0 Å². The molecule has 5 unspecified atom stereocenters. The number of allylic oxidation sites excluding steroid dienone is 28. The van der Waals surface area contributed by atoms with E-state index in [9.17, 15) is 43.5 Å². The van der Waals surface area contributed by atoms with Crippen LogP contribution in [0.4, 0.5) is 0 Å². The van der Waals surface area contributed by atoms with Crippen molar-refractivity contribution in [1.29, 1.82) is 0 Å². The Hall–Kier alpha value is -5.09. The van der Waals surface area contributed by atoms with Crippen LogP contribution in [-0.4, -0.2) is 95.9 Å². The van der Waals surface area contributed by atoms with Gasteiger partial charge in [-0.05, 0) is 154 Å². The number of phosphoric acid groups is 2. The van der Waals surface area contributed by atoms with Gasteiger partial charge < -0.3 is 34.2 Å². The summed E-state index contributed by atoms with van der Waals surface area (Å²) in [5.74, 6) is -1.62. The standard InChI is InChI=1S/C91H152O16P2/c1-4-7-10-13-16-19-22-25-28-31-33-35-37-38-39-40-41-42-43-44-45-46-48-50-51-54-56-59-62-65-68-71-74-77-89(94)101-80-86(92)81-103-108(97,98)104-82-87(93)83-105-109(99,100)106-85-88(107-91(96)79-76-73-70-67-64-61-58-53-30-27-24-21-18-15-12-9-6-3)84-102-90(95)78-75-72-69-66-63-60-57-55-52-49-47-36-34-32-29-26-23-20-17-14-11-8-5-2/h7,9-10,12,16-21,25-30,33-36,38-39,41-42,49,52,58,61,86-88,92-93H,4-6,8,11,13-15,22-24,31-32,37,40,43-48,50-51,53-57,59-60,62-85H2,1-3H3,(H,97,98)(H,99,100)/b10-7-,12-9-,19-16-,20-17-,21-18-,28-25-,29-26-,30-27-,35-33-,36-34-,39-38-,42-41-,52-49-,61-58-. The van der Waals surface area contributed by atoms with E-state index in [0.29, 0.717) is 19.3 Å². The number of phosphoric ester groups is 2. The SMILES string of the molecule is CC/C=C\C/C=C\C/C=C\C/C=C\C/C=C\C/C=C\CCCCCCCCCCCCCCCCC(=O)OCC(O)COP(=O)(O)OCC(O)COP(=O)(O)OCC(COC(=O)CCCCCCCCC/C=C\C/C=C\C/C=C\C/C=C\CCCCC)OC(=O)CCCCCC/C=C\C/C=C\C/C=C\C/C=C\CC. The number of esters is 3. The summed E-state index contributed by atoms with van der Waals surface area (Å²) in [5.41, 5.74) is 0. The number of rotatable bonds is 79. The molecule has 0 radical (unpaired) electrons. The van der Waals surface area contributed by atoms with Crippen LogP contribution in [0.2, 0.25) is 0 Å². The van der Waals surface area contributed by atoms with E-state index in [1.54, 1.807) is 0 Å². The zero-order valence-corrected chi connectivity index (χ0v) is 70.0. The monoisotopic (exact) mass is 1560 g/mol. The fraction of sp³-hybridized carbons (Fsp3) is 0.659. The molecule has 0 aliphatic heterocycles. The summed E-state index contributed by atoms with van der Waals surface area (Å²) in [6, 6.07) is 0. The molecule has 0 aliphatic carbocycles. The minimum absolute atomic E-state index is 0.0693. The van der Waals surface area contributed by atoms with Crippen LogP contribution in [0.15, 0.2) is 170 Å². The molecule has 0 aromatic carbocycles. The first kappa shape index (κ1) is 104. The van der Waals surface area contributed by atoms with E-state index >= 15 is 0 Å². The van der Waals surface area contributed by atoms with Crippen LogP contribution in [0.5, 0.6) is 0 Å². The molecule has 18 heteroatoms. The van der Waals surface area contributed by atoms with Crippen molar-refractivity contribution in [3.63, 3.8) is 0 Å². The molecule has 0 aliphatic rings. The number of carbonyl (C=O) groups is 3. The Labute approximate surface area is 662 Å². The van der Waals surface area contributed by atoms with Gasteiger partial charge >= 0.3 is 33.6 Å². The number of carbonyl (C=O) groups excluding carboxylic acids is 3. The molecule has 622 valence electrons. The molecule has 0 rings (SSSR count). The van der Waals surface area contributed by atoms with Crippen molar-refractivity contribution < 1.29 is 75.8 Å². The first-order valence-corrected chi connectivity index (χ1v) is 45.4. The van der Waals surface area contributed by atoms with Gasteiger partial charge in [-0.3, -0.25) is 32.5 Å². The van der Waals surface area contributed by atoms with Gasteiger partial charge in [-0.25, -0.2) is 9.13 Å². The van der Waals surface area contributed by atoms with E-state index in [4.69, 9.17) is 32.3 Å². The van der Waals surface area contributed by atoms with Gasteiger partial charge in [-0.15, -0.1) is 0 Å². The first-order valence-electron chi connectivity index (χ1n) is 42.4. The highest BCUT2D eigenvalue weighted by Crippen LogP contribution is 2.45. The fourth-order valence-electron chi connectivity index (χ4n) is 11.0. The Morgan fingerprint density at radius 1 is 0.266 bits per heavy atom. The number of aliphatic hydroxyl groups excluding tert-OH is 2. The van der Waals surface area contributed by atoms with E-state index in [-0.39, 0.29) is 19.3 Å². The lowest BCUT2D eigenvalue weighted by molar-refractivity contribution is -0.161. The summed E-state index contributed by atoms with van der Waals surface area (Å²) in [4.78, 5) is 58.8. The summed E-state index contributed by atoms with van der Waals surface area (Å²) < 4.78 is 61.2. The number of aliphatic hydroxyl groups is 2. The third-order valence-electron chi connectivity index (χ3n) is 17.4. The molecule has 0 saturated heterocycles. The predicted octanol–water partition coefficient (Wildman–Crippen LogP) is 25.5. The topological polar surface area (TPSA) is 231 Å². The second-order valence-corrected chi connectivity index (χ2v) is 30.8. The summed E-state index contributed by atoms with van der Waals surface area (Å²) >= 11 is 0. The molecule has 0 saturated carbocycles. The van der Waals surface area contributed by atoms with Gasteiger partial charge in [0.2, 0.25) is 0 Å². The average molecular weight is 1560 g/mol. The number of hydrogen-bond donors (Lipinski definition) is 4. The van der Waals surface area contributed by atoms with Crippen molar-refractivity contribution >= 4 is 33.6 Å². The molecule has 0 aromatic rings. The maximum absolute atomic E-state index is 13.0. The lowest BCUT2D eigenvalue weighted by Crippen LogP contribution is -2.30. The van der Waals surface area contributed by atoms with Crippen molar-refractivity contribution in [2.75, 3.05) is 39.6 Å².